The van der Waals surface area contributed by atoms with Crippen molar-refractivity contribution in [3.05, 3.63) is 29.8 Å². The summed E-state index contributed by atoms with van der Waals surface area (Å²) in [6, 6.07) is 10.4. The highest BCUT2D eigenvalue weighted by Crippen LogP contribution is 2.15. The van der Waals surface area contributed by atoms with E-state index in [-0.39, 0.29) is 0 Å². The Kier molecular flexibility index (Phi) is 5.00. The minimum atomic E-state index is 0.533. The molecule has 0 heterocycles. The van der Waals surface area contributed by atoms with Crippen LogP contribution in [0.3, 0.4) is 0 Å². The summed E-state index contributed by atoms with van der Waals surface area (Å²) in [5, 5.41) is 8.56. The molecule has 0 atom stereocenters. The Morgan fingerprint density at radius 2 is 1.93 bits per heavy atom. The van der Waals surface area contributed by atoms with Crippen molar-refractivity contribution >= 4 is 17.3 Å². The standard InChI is InChI=1S/C12H15ClN2/c1-11-3-5-12(6-4-11)15(10-7-13)9-2-8-14/h3-6H,2,7,9-10H2,1H3. The van der Waals surface area contributed by atoms with Crippen LogP contribution in [0.25, 0.3) is 0 Å². The quantitative estimate of drug-likeness (QED) is 0.717. The van der Waals surface area contributed by atoms with Crippen molar-refractivity contribution in [3.8, 4) is 6.07 Å². The smallest absolute Gasteiger partial charge is 0.0640 e. The fraction of sp³-hybridized carbons (Fsp3) is 0.417. The predicted molar refractivity (Wildman–Crippen MR) is 64.3 cm³/mol. The average Bonchev–Trinajstić information content (AvgIpc) is 2.25. The average molecular weight is 223 g/mol. The minimum Gasteiger partial charge on any atom is -0.369 e. The first kappa shape index (κ1) is 11.9. The van der Waals surface area contributed by atoms with E-state index in [1.807, 2.05) is 0 Å². The maximum Gasteiger partial charge on any atom is 0.0640 e. The number of hydrogen-bond acceptors (Lipinski definition) is 2. The number of benzene rings is 1. The highest BCUT2D eigenvalue weighted by molar-refractivity contribution is 6.18. The van der Waals surface area contributed by atoms with E-state index in [0.29, 0.717) is 12.3 Å². The van der Waals surface area contributed by atoms with Gasteiger partial charge < -0.3 is 4.90 Å². The molecule has 0 aliphatic carbocycles. The molecule has 0 fully saturated rings. The van der Waals surface area contributed by atoms with Crippen molar-refractivity contribution in [2.75, 3.05) is 23.9 Å². The monoisotopic (exact) mass is 222 g/mol. The lowest BCUT2D eigenvalue weighted by Crippen LogP contribution is -2.26. The number of nitriles is 1. The first-order chi connectivity index (χ1) is 7.27. The van der Waals surface area contributed by atoms with Gasteiger partial charge in [0.25, 0.3) is 0 Å². The molecule has 0 bridgehead atoms. The van der Waals surface area contributed by atoms with Gasteiger partial charge in [-0.15, -0.1) is 11.6 Å². The molecule has 0 radical (unpaired) electrons. The third-order valence-electron chi connectivity index (χ3n) is 2.25. The SMILES string of the molecule is Cc1ccc(N(CCCl)CCC#N)cc1. The zero-order valence-corrected chi connectivity index (χ0v) is 9.67. The van der Waals surface area contributed by atoms with E-state index >= 15 is 0 Å². The Morgan fingerprint density at radius 1 is 1.27 bits per heavy atom. The summed E-state index contributed by atoms with van der Waals surface area (Å²) in [6.45, 7) is 3.59. The Morgan fingerprint density at radius 3 is 2.47 bits per heavy atom. The molecule has 0 aromatic heterocycles. The summed E-state index contributed by atoms with van der Waals surface area (Å²) in [4.78, 5) is 2.13. The van der Waals surface area contributed by atoms with E-state index in [9.17, 15) is 0 Å². The lowest BCUT2D eigenvalue weighted by molar-refractivity contribution is 0.830. The Labute approximate surface area is 96.1 Å². The summed E-state index contributed by atoms with van der Waals surface area (Å²) < 4.78 is 0. The summed E-state index contributed by atoms with van der Waals surface area (Å²) in [7, 11) is 0. The second-order valence-corrected chi connectivity index (χ2v) is 3.80. The van der Waals surface area contributed by atoms with Crippen molar-refractivity contribution in [1.82, 2.24) is 0 Å². The summed E-state index contributed by atoms with van der Waals surface area (Å²) in [5.74, 6) is 0.583. The molecule has 1 aromatic rings. The first-order valence-electron chi connectivity index (χ1n) is 5.02. The first-order valence-corrected chi connectivity index (χ1v) is 5.56. The Bertz CT molecular complexity index is 326. The van der Waals surface area contributed by atoms with Crippen LogP contribution in [0.4, 0.5) is 5.69 Å². The van der Waals surface area contributed by atoms with Gasteiger partial charge in [0.2, 0.25) is 0 Å². The van der Waals surface area contributed by atoms with Gasteiger partial charge in [0.1, 0.15) is 0 Å². The summed E-state index contributed by atoms with van der Waals surface area (Å²) in [5.41, 5.74) is 2.38. The number of nitrogens with zero attached hydrogens (tertiary/aromatic N) is 2. The third-order valence-corrected chi connectivity index (χ3v) is 2.42. The van der Waals surface area contributed by atoms with Crippen molar-refractivity contribution in [1.29, 1.82) is 5.26 Å². The molecule has 2 nitrogen and oxygen atoms in total. The lowest BCUT2D eigenvalue weighted by atomic mass is 10.2. The van der Waals surface area contributed by atoms with E-state index in [2.05, 4.69) is 42.2 Å². The van der Waals surface area contributed by atoms with Crippen LogP contribution in [-0.2, 0) is 0 Å². The third kappa shape index (κ3) is 3.81. The topological polar surface area (TPSA) is 27.0 Å². The Balaban J connectivity index is 2.70. The number of alkyl halides is 1. The van der Waals surface area contributed by atoms with Crippen LogP contribution in [0.2, 0.25) is 0 Å². The molecule has 0 saturated heterocycles. The molecule has 0 amide bonds. The minimum absolute atomic E-state index is 0.533. The van der Waals surface area contributed by atoms with Crippen molar-refractivity contribution in [3.63, 3.8) is 0 Å². The molecule has 1 rings (SSSR count). The molecule has 0 aliphatic rings. The molecular formula is C12H15ClN2. The molecule has 0 spiro atoms. The Hall–Kier alpha value is -1.20. The van der Waals surface area contributed by atoms with Crippen molar-refractivity contribution in [2.24, 2.45) is 0 Å². The lowest BCUT2D eigenvalue weighted by Gasteiger charge is -2.22. The van der Waals surface area contributed by atoms with Crippen LogP contribution < -0.4 is 4.90 Å². The maximum atomic E-state index is 8.56. The zero-order chi connectivity index (χ0) is 11.1. The summed E-state index contributed by atoms with van der Waals surface area (Å²) in [6.07, 6.45) is 0.533. The number of hydrogen-bond donors (Lipinski definition) is 0. The largest absolute Gasteiger partial charge is 0.369 e. The van der Waals surface area contributed by atoms with E-state index in [1.54, 1.807) is 0 Å². The van der Waals surface area contributed by atoms with E-state index in [1.165, 1.54) is 5.56 Å². The van der Waals surface area contributed by atoms with Crippen molar-refractivity contribution < 1.29 is 0 Å². The number of halogens is 1. The van der Waals surface area contributed by atoms with Crippen LogP contribution in [0, 0.1) is 18.3 Å². The second-order valence-electron chi connectivity index (χ2n) is 3.42. The van der Waals surface area contributed by atoms with Gasteiger partial charge in [-0.1, -0.05) is 17.7 Å². The molecule has 0 unspecified atom stereocenters. The molecule has 0 saturated carbocycles. The van der Waals surface area contributed by atoms with Crippen LogP contribution in [0.15, 0.2) is 24.3 Å². The van der Waals surface area contributed by atoms with Crippen LogP contribution >= 0.6 is 11.6 Å². The van der Waals surface area contributed by atoms with Gasteiger partial charge in [-0.2, -0.15) is 5.26 Å². The van der Waals surface area contributed by atoms with Gasteiger partial charge in [0.15, 0.2) is 0 Å². The van der Waals surface area contributed by atoms with Gasteiger partial charge in [0.05, 0.1) is 12.5 Å². The van der Waals surface area contributed by atoms with Gasteiger partial charge in [-0.25, -0.2) is 0 Å². The normalized spacial score (nSPS) is 9.67. The highest BCUT2D eigenvalue weighted by Gasteiger charge is 2.04. The molecule has 0 aliphatic heterocycles. The molecule has 80 valence electrons. The number of aryl methyl sites for hydroxylation is 1. The highest BCUT2D eigenvalue weighted by atomic mass is 35.5. The van der Waals surface area contributed by atoms with Gasteiger partial charge in [-0.3, -0.25) is 0 Å². The fourth-order valence-electron chi connectivity index (χ4n) is 1.41. The van der Waals surface area contributed by atoms with E-state index in [4.69, 9.17) is 16.9 Å². The maximum absolute atomic E-state index is 8.56. The summed E-state index contributed by atoms with van der Waals surface area (Å²) >= 11 is 5.73. The van der Waals surface area contributed by atoms with Gasteiger partial charge in [-0.05, 0) is 19.1 Å². The molecule has 15 heavy (non-hydrogen) atoms. The van der Waals surface area contributed by atoms with Crippen LogP contribution in [0.5, 0.6) is 0 Å². The predicted octanol–water partition coefficient (Wildman–Crippen LogP) is 2.95. The fourth-order valence-corrected chi connectivity index (χ4v) is 1.62. The number of anilines is 1. The molecule has 0 N–H and O–H groups in total. The molecule has 1 aromatic carbocycles. The van der Waals surface area contributed by atoms with Crippen LogP contribution in [-0.4, -0.2) is 19.0 Å². The molecular weight excluding hydrogens is 208 g/mol. The second kappa shape index (κ2) is 6.31. The van der Waals surface area contributed by atoms with Crippen LogP contribution in [0.1, 0.15) is 12.0 Å². The van der Waals surface area contributed by atoms with Gasteiger partial charge >= 0.3 is 0 Å². The van der Waals surface area contributed by atoms with Gasteiger partial charge in [0, 0.05) is 24.7 Å². The van der Waals surface area contributed by atoms with E-state index in [0.717, 1.165) is 18.8 Å². The number of rotatable bonds is 5. The van der Waals surface area contributed by atoms with Crippen molar-refractivity contribution in [2.45, 2.75) is 13.3 Å². The zero-order valence-electron chi connectivity index (χ0n) is 8.91. The van der Waals surface area contributed by atoms with E-state index < -0.39 is 0 Å². The molecule has 3 heteroatoms.